The summed E-state index contributed by atoms with van der Waals surface area (Å²) in [6, 6.07) is 11.2. The summed E-state index contributed by atoms with van der Waals surface area (Å²) in [6.07, 6.45) is 1.84. The summed E-state index contributed by atoms with van der Waals surface area (Å²) >= 11 is 3.53. The van der Waals surface area contributed by atoms with Gasteiger partial charge in [-0.25, -0.2) is 0 Å². The molecule has 0 unspecified atom stereocenters. The molecule has 0 fully saturated rings. The molecule has 0 saturated heterocycles. The Morgan fingerprint density at radius 2 is 2.09 bits per heavy atom. The van der Waals surface area contributed by atoms with Crippen molar-refractivity contribution in [1.82, 2.24) is 0 Å². The number of phenols is 1. The predicted molar refractivity (Wildman–Crippen MR) is 96.6 cm³/mol. The lowest BCUT2D eigenvalue weighted by Gasteiger charge is -2.09. The van der Waals surface area contributed by atoms with Crippen molar-refractivity contribution in [3.8, 4) is 11.5 Å². The molecule has 0 amide bonds. The smallest absolute Gasteiger partial charge is 0.200 e. The molecule has 112 valence electrons. The third-order valence-corrected chi connectivity index (χ3v) is 5.15. The van der Waals surface area contributed by atoms with E-state index in [4.69, 9.17) is 4.74 Å². The van der Waals surface area contributed by atoms with Crippen LogP contribution in [-0.2, 0) is 0 Å². The Hall–Kier alpha value is -1.47. The molecular formula is C17H13IO3S. The fourth-order valence-corrected chi connectivity index (χ4v) is 3.91. The Labute approximate surface area is 146 Å². The molecule has 3 nitrogen and oxygen atoms in total. The molecule has 5 heteroatoms. The molecule has 0 atom stereocenters. The minimum absolute atomic E-state index is 0.0432. The van der Waals surface area contributed by atoms with E-state index >= 15 is 0 Å². The molecular weight excluding hydrogens is 411 g/mol. The molecule has 3 rings (SSSR count). The van der Waals surface area contributed by atoms with E-state index in [1.807, 2.05) is 43.3 Å². The summed E-state index contributed by atoms with van der Waals surface area (Å²) in [5.41, 5.74) is 1.59. The molecule has 1 heterocycles. The molecule has 2 aromatic carbocycles. The van der Waals surface area contributed by atoms with Crippen molar-refractivity contribution in [3.63, 3.8) is 0 Å². The van der Waals surface area contributed by atoms with Gasteiger partial charge in [0.25, 0.3) is 0 Å². The van der Waals surface area contributed by atoms with Crippen LogP contribution in [0.5, 0.6) is 11.5 Å². The van der Waals surface area contributed by atoms with E-state index in [-0.39, 0.29) is 11.5 Å². The number of thioether (sulfide) groups is 1. The van der Waals surface area contributed by atoms with Crippen molar-refractivity contribution >= 4 is 46.2 Å². The third-order valence-electron chi connectivity index (χ3n) is 3.22. The number of hydrogen-bond acceptors (Lipinski definition) is 4. The maximum absolute atomic E-state index is 12.4. The van der Waals surface area contributed by atoms with Crippen molar-refractivity contribution in [2.75, 3.05) is 6.61 Å². The van der Waals surface area contributed by atoms with Gasteiger partial charge in [0.1, 0.15) is 0 Å². The Bertz CT molecular complexity index is 783. The lowest BCUT2D eigenvalue weighted by molar-refractivity contribution is 0.104. The van der Waals surface area contributed by atoms with Crippen molar-refractivity contribution in [1.29, 1.82) is 0 Å². The van der Waals surface area contributed by atoms with E-state index in [1.54, 1.807) is 6.07 Å². The number of fused-ring (bicyclic) bond motifs is 1. The number of hydrogen-bond donors (Lipinski definition) is 1. The number of rotatable bonds is 3. The van der Waals surface area contributed by atoms with Gasteiger partial charge < -0.3 is 9.84 Å². The second-order valence-electron chi connectivity index (χ2n) is 4.72. The molecule has 22 heavy (non-hydrogen) atoms. The maximum atomic E-state index is 12.4. The molecule has 1 aliphatic heterocycles. The van der Waals surface area contributed by atoms with E-state index < -0.39 is 0 Å². The highest BCUT2D eigenvalue weighted by molar-refractivity contribution is 14.1. The maximum Gasteiger partial charge on any atom is 0.200 e. The first-order valence-corrected chi connectivity index (χ1v) is 8.68. The summed E-state index contributed by atoms with van der Waals surface area (Å²) in [4.78, 5) is 14.1. The molecule has 1 aliphatic rings. The number of ether oxygens (including phenoxy) is 1. The highest BCUT2D eigenvalue weighted by Crippen LogP contribution is 2.41. The number of halogens is 1. The molecule has 0 bridgehead atoms. The zero-order valence-corrected chi connectivity index (χ0v) is 14.8. The number of carbonyl (C=O) groups excluding carboxylic acids is 1. The van der Waals surface area contributed by atoms with Crippen LogP contribution in [0.2, 0.25) is 0 Å². The quantitative estimate of drug-likeness (QED) is 0.572. The Morgan fingerprint density at radius 1 is 1.32 bits per heavy atom. The second-order valence-corrected chi connectivity index (χ2v) is 6.96. The number of allylic oxidation sites excluding steroid dienone is 1. The van der Waals surface area contributed by atoms with Gasteiger partial charge in [-0.3, -0.25) is 4.79 Å². The monoisotopic (exact) mass is 424 g/mol. The van der Waals surface area contributed by atoms with Crippen LogP contribution < -0.4 is 4.74 Å². The average molecular weight is 424 g/mol. The van der Waals surface area contributed by atoms with Crippen molar-refractivity contribution in [2.24, 2.45) is 0 Å². The summed E-state index contributed by atoms with van der Waals surface area (Å²) in [7, 11) is 0. The summed E-state index contributed by atoms with van der Waals surface area (Å²) in [5.74, 6) is 0.620. The second kappa shape index (κ2) is 6.34. The van der Waals surface area contributed by atoms with Gasteiger partial charge in [-0.1, -0.05) is 23.9 Å². The van der Waals surface area contributed by atoms with Gasteiger partial charge >= 0.3 is 0 Å². The van der Waals surface area contributed by atoms with Crippen molar-refractivity contribution in [2.45, 2.75) is 11.8 Å². The van der Waals surface area contributed by atoms with Gasteiger partial charge in [-0.2, -0.15) is 0 Å². The fourth-order valence-electron chi connectivity index (χ4n) is 2.23. The number of carbonyl (C=O) groups is 1. The standard InChI is InChI=1S/C17H13IO3S/c1-2-21-13-8-10(7-12(18)17(13)20)9-15-16(19)11-5-3-4-6-14(11)22-15/h3-9,20H,2H2,1H3/b15-9+. The first-order valence-electron chi connectivity index (χ1n) is 6.78. The van der Waals surface area contributed by atoms with Gasteiger partial charge in [-0.05, 0) is 65.4 Å². The predicted octanol–water partition coefficient (Wildman–Crippen LogP) is 4.73. The van der Waals surface area contributed by atoms with Crippen LogP contribution in [0, 0.1) is 3.57 Å². The number of phenolic OH excluding ortho intramolecular Hbond substituents is 1. The van der Waals surface area contributed by atoms with Crippen LogP contribution in [0.25, 0.3) is 6.08 Å². The summed E-state index contributed by atoms with van der Waals surface area (Å²) in [5, 5.41) is 9.98. The van der Waals surface area contributed by atoms with Gasteiger partial charge in [-0.15, -0.1) is 0 Å². The minimum atomic E-state index is 0.0432. The largest absolute Gasteiger partial charge is 0.504 e. The fraction of sp³-hybridized carbons (Fsp3) is 0.118. The van der Waals surface area contributed by atoms with Gasteiger partial charge in [0, 0.05) is 10.5 Å². The van der Waals surface area contributed by atoms with E-state index in [2.05, 4.69) is 22.6 Å². The van der Waals surface area contributed by atoms with Crippen LogP contribution in [0.3, 0.4) is 0 Å². The van der Waals surface area contributed by atoms with Gasteiger partial charge in [0.2, 0.25) is 5.78 Å². The Kier molecular flexibility index (Phi) is 4.44. The van der Waals surface area contributed by atoms with Gasteiger partial charge in [0.05, 0.1) is 15.1 Å². The van der Waals surface area contributed by atoms with E-state index in [9.17, 15) is 9.90 Å². The molecule has 0 aromatic heterocycles. The summed E-state index contributed by atoms with van der Waals surface area (Å²) in [6.45, 7) is 2.34. The lowest BCUT2D eigenvalue weighted by Crippen LogP contribution is -1.95. The highest BCUT2D eigenvalue weighted by Gasteiger charge is 2.25. The number of ketones is 1. The molecule has 0 saturated carbocycles. The molecule has 2 aromatic rings. The van der Waals surface area contributed by atoms with Crippen LogP contribution >= 0.6 is 34.4 Å². The zero-order valence-electron chi connectivity index (χ0n) is 11.8. The first kappa shape index (κ1) is 15.4. The normalized spacial score (nSPS) is 15.2. The molecule has 1 N–H and O–H groups in total. The number of benzene rings is 2. The Balaban J connectivity index is 1.99. The lowest BCUT2D eigenvalue weighted by atomic mass is 10.1. The van der Waals surface area contributed by atoms with Crippen molar-refractivity contribution in [3.05, 3.63) is 56.0 Å². The van der Waals surface area contributed by atoms with Crippen molar-refractivity contribution < 1.29 is 14.6 Å². The van der Waals surface area contributed by atoms with Gasteiger partial charge in [0.15, 0.2) is 11.5 Å². The van der Waals surface area contributed by atoms with E-state index in [0.29, 0.717) is 20.8 Å². The molecule has 0 aliphatic carbocycles. The molecule has 0 radical (unpaired) electrons. The van der Waals surface area contributed by atoms with Crippen LogP contribution in [0.4, 0.5) is 0 Å². The van der Waals surface area contributed by atoms with Crippen LogP contribution in [0.15, 0.2) is 46.2 Å². The first-order chi connectivity index (χ1) is 10.6. The third kappa shape index (κ3) is 2.87. The number of aromatic hydroxyl groups is 1. The molecule has 0 spiro atoms. The average Bonchev–Trinajstić information content (AvgIpc) is 2.81. The topological polar surface area (TPSA) is 46.5 Å². The van der Waals surface area contributed by atoms with E-state index in [0.717, 1.165) is 16.0 Å². The summed E-state index contributed by atoms with van der Waals surface area (Å²) < 4.78 is 6.13. The SMILES string of the molecule is CCOc1cc(/C=C2/Sc3ccccc3C2=O)cc(I)c1O. The Morgan fingerprint density at radius 3 is 2.82 bits per heavy atom. The minimum Gasteiger partial charge on any atom is -0.504 e. The zero-order chi connectivity index (χ0) is 15.7. The number of Topliss-reactive ketones (excluding diaryl/α,β-unsaturated/α-hetero) is 1. The van der Waals surface area contributed by atoms with Crippen LogP contribution in [0.1, 0.15) is 22.8 Å². The van der Waals surface area contributed by atoms with E-state index in [1.165, 1.54) is 11.8 Å². The van der Waals surface area contributed by atoms with Crippen LogP contribution in [-0.4, -0.2) is 17.5 Å². The highest BCUT2D eigenvalue weighted by atomic mass is 127.